The zero-order valence-electron chi connectivity index (χ0n) is 17.6. The van der Waals surface area contributed by atoms with Gasteiger partial charge in [0, 0.05) is 8.95 Å². The Morgan fingerprint density at radius 1 is 1.09 bits per heavy atom. The average molecular weight is 574 g/mol. The Balaban J connectivity index is 1.85. The van der Waals surface area contributed by atoms with E-state index in [-0.39, 0.29) is 11.3 Å². The largest absolute Gasteiger partial charge is 0.490 e. The second-order valence-electron chi connectivity index (χ2n) is 6.77. The lowest BCUT2D eigenvalue weighted by Crippen LogP contribution is -2.14. The van der Waals surface area contributed by atoms with Gasteiger partial charge in [-0.1, -0.05) is 56.1 Å². The minimum atomic E-state index is -0.719. The van der Waals surface area contributed by atoms with Crippen molar-refractivity contribution in [1.29, 1.82) is 5.26 Å². The van der Waals surface area contributed by atoms with Crippen LogP contribution in [0.15, 0.2) is 75.2 Å². The molecular weight excluding hydrogens is 555 g/mol. The standard InChI is InChI=1S/C25H19Br2FN2O3/c1-2-32-23-12-17(11-18(14-29)25(31)30-22-6-4-3-5-21(22)28)20(27)13-24(23)33-15-16-7-9-19(26)10-8-16/h3-13H,2,15H2,1H3,(H,30,31)/b18-11-. The molecule has 0 aliphatic rings. The van der Waals surface area contributed by atoms with Crippen molar-refractivity contribution in [3.63, 3.8) is 0 Å². The molecule has 0 fully saturated rings. The number of nitrogens with one attached hydrogen (secondary N) is 1. The third-order valence-corrected chi connectivity index (χ3v) is 5.67. The van der Waals surface area contributed by atoms with Gasteiger partial charge in [-0.15, -0.1) is 0 Å². The number of hydrogen-bond acceptors (Lipinski definition) is 4. The summed E-state index contributed by atoms with van der Waals surface area (Å²) in [5, 5.41) is 11.9. The zero-order valence-corrected chi connectivity index (χ0v) is 20.7. The Bertz CT molecular complexity index is 1220. The van der Waals surface area contributed by atoms with Crippen LogP contribution in [0.5, 0.6) is 11.5 Å². The molecule has 8 heteroatoms. The molecular formula is C25H19Br2FN2O3. The van der Waals surface area contributed by atoms with E-state index in [4.69, 9.17) is 9.47 Å². The van der Waals surface area contributed by atoms with E-state index >= 15 is 0 Å². The van der Waals surface area contributed by atoms with Gasteiger partial charge in [-0.2, -0.15) is 5.26 Å². The predicted molar refractivity (Wildman–Crippen MR) is 132 cm³/mol. The molecule has 0 bridgehead atoms. The molecule has 0 unspecified atom stereocenters. The van der Waals surface area contributed by atoms with Crippen molar-refractivity contribution in [2.75, 3.05) is 11.9 Å². The minimum Gasteiger partial charge on any atom is -0.490 e. The number of para-hydroxylation sites is 1. The summed E-state index contributed by atoms with van der Waals surface area (Å²) in [7, 11) is 0. The van der Waals surface area contributed by atoms with Crippen molar-refractivity contribution >= 4 is 49.5 Å². The molecule has 3 rings (SSSR count). The number of hydrogen-bond donors (Lipinski definition) is 1. The maximum Gasteiger partial charge on any atom is 0.266 e. The van der Waals surface area contributed by atoms with Gasteiger partial charge < -0.3 is 14.8 Å². The number of nitrogens with zero attached hydrogens (tertiary/aromatic N) is 1. The molecule has 33 heavy (non-hydrogen) atoms. The first-order chi connectivity index (χ1) is 15.9. The van der Waals surface area contributed by atoms with Crippen molar-refractivity contribution in [3.8, 4) is 17.6 Å². The predicted octanol–water partition coefficient (Wildman–Crippen LogP) is 6.87. The van der Waals surface area contributed by atoms with Crippen LogP contribution < -0.4 is 14.8 Å². The SMILES string of the molecule is CCOc1cc(/C=C(/C#N)C(=O)Nc2ccccc2F)c(Br)cc1OCc1ccc(Br)cc1. The molecule has 0 radical (unpaired) electrons. The lowest BCUT2D eigenvalue weighted by atomic mass is 10.1. The van der Waals surface area contributed by atoms with E-state index in [9.17, 15) is 14.4 Å². The smallest absolute Gasteiger partial charge is 0.266 e. The number of carbonyl (C=O) groups excluding carboxylic acids is 1. The van der Waals surface area contributed by atoms with Crippen molar-refractivity contribution in [2.24, 2.45) is 0 Å². The Morgan fingerprint density at radius 3 is 2.45 bits per heavy atom. The molecule has 3 aromatic carbocycles. The van der Waals surface area contributed by atoms with Gasteiger partial charge in [0.15, 0.2) is 11.5 Å². The van der Waals surface area contributed by atoms with E-state index < -0.39 is 11.7 Å². The van der Waals surface area contributed by atoms with Crippen LogP contribution in [0.25, 0.3) is 6.08 Å². The molecule has 0 saturated heterocycles. The molecule has 0 aliphatic heterocycles. The van der Waals surface area contributed by atoms with Crippen molar-refractivity contribution in [3.05, 3.63) is 92.1 Å². The Hall–Kier alpha value is -3.15. The number of halogens is 3. The maximum absolute atomic E-state index is 13.8. The van der Waals surface area contributed by atoms with E-state index in [2.05, 4.69) is 37.2 Å². The van der Waals surface area contributed by atoms with Crippen LogP contribution in [-0.2, 0) is 11.4 Å². The van der Waals surface area contributed by atoms with Crippen molar-refractivity contribution < 1.29 is 18.7 Å². The Labute approximate surface area is 208 Å². The molecule has 168 valence electrons. The molecule has 1 N–H and O–H groups in total. The van der Waals surface area contributed by atoms with Crippen LogP contribution in [0.3, 0.4) is 0 Å². The number of ether oxygens (including phenoxy) is 2. The summed E-state index contributed by atoms with van der Waals surface area (Å²) in [6.07, 6.45) is 1.40. The monoisotopic (exact) mass is 572 g/mol. The van der Waals surface area contributed by atoms with Gasteiger partial charge in [-0.05, 0) is 60.5 Å². The van der Waals surface area contributed by atoms with E-state index in [0.717, 1.165) is 10.0 Å². The molecule has 0 atom stereocenters. The van der Waals surface area contributed by atoms with E-state index in [1.807, 2.05) is 37.3 Å². The molecule has 0 aliphatic carbocycles. The summed E-state index contributed by atoms with van der Waals surface area (Å²) in [4.78, 5) is 12.5. The van der Waals surface area contributed by atoms with Crippen LogP contribution in [0, 0.1) is 17.1 Å². The van der Waals surface area contributed by atoms with Crippen molar-refractivity contribution in [1.82, 2.24) is 0 Å². The van der Waals surface area contributed by atoms with E-state index in [1.165, 1.54) is 24.3 Å². The zero-order chi connectivity index (χ0) is 23.8. The summed E-state index contributed by atoms with van der Waals surface area (Å²) in [6.45, 7) is 2.58. The Morgan fingerprint density at radius 2 is 1.79 bits per heavy atom. The van der Waals surface area contributed by atoms with Gasteiger partial charge in [-0.25, -0.2) is 4.39 Å². The lowest BCUT2D eigenvalue weighted by Gasteiger charge is -2.14. The van der Waals surface area contributed by atoms with Crippen LogP contribution in [0.4, 0.5) is 10.1 Å². The highest BCUT2D eigenvalue weighted by atomic mass is 79.9. The molecule has 0 aromatic heterocycles. The number of carbonyl (C=O) groups is 1. The second-order valence-corrected chi connectivity index (χ2v) is 8.54. The number of anilines is 1. The molecule has 5 nitrogen and oxygen atoms in total. The highest BCUT2D eigenvalue weighted by Crippen LogP contribution is 2.35. The third kappa shape index (κ3) is 6.67. The maximum atomic E-state index is 13.8. The summed E-state index contributed by atoms with van der Waals surface area (Å²) in [5.74, 6) is -0.327. The van der Waals surface area contributed by atoms with Crippen LogP contribution in [0.2, 0.25) is 0 Å². The van der Waals surface area contributed by atoms with Gasteiger partial charge in [0.2, 0.25) is 0 Å². The first kappa shape index (κ1) is 24.5. The molecule has 1 amide bonds. The number of benzene rings is 3. The minimum absolute atomic E-state index is 0.00518. The number of amides is 1. The molecule has 3 aromatic rings. The summed E-state index contributed by atoms with van der Waals surface area (Å²) in [6, 6.07) is 18.8. The third-order valence-electron chi connectivity index (χ3n) is 4.46. The normalized spacial score (nSPS) is 10.9. The van der Waals surface area contributed by atoms with Gasteiger partial charge in [-0.3, -0.25) is 4.79 Å². The van der Waals surface area contributed by atoms with Gasteiger partial charge in [0.1, 0.15) is 24.1 Å². The highest BCUT2D eigenvalue weighted by Gasteiger charge is 2.15. The van der Waals surface area contributed by atoms with Crippen LogP contribution in [-0.4, -0.2) is 12.5 Å². The lowest BCUT2D eigenvalue weighted by molar-refractivity contribution is -0.112. The van der Waals surface area contributed by atoms with Gasteiger partial charge in [0.25, 0.3) is 5.91 Å². The topological polar surface area (TPSA) is 71.3 Å². The molecule has 0 saturated carbocycles. The number of nitriles is 1. The Kier molecular flexibility index (Phi) is 8.64. The first-order valence-electron chi connectivity index (χ1n) is 9.92. The summed E-state index contributed by atoms with van der Waals surface area (Å²) >= 11 is 6.87. The fraction of sp³-hybridized carbons (Fsp3) is 0.120. The van der Waals surface area contributed by atoms with Crippen LogP contribution in [0.1, 0.15) is 18.1 Å². The number of rotatable bonds is 8. The first-order valence-corrected chi connectivity index (χ1v) is 11.5. The van der Waals surface area contributed by atoms with Crippen molar-refractivity contribution in [2.45, 2.75) is 13.5 Å². The van der Waals surface area contributed by atoms with Gasteiger partial charge >= 0.3 is 0 Å². The summed E-state index contributed by atoms with van der Waals surface area (Å²) < 4.78 is 27.1. The summed E-state index contributed by atoms with van der Waals surface area (Å²) in [5.41, 5.74) is 1.33. The molecule has 0 spiro atoms. The van der Waals surface area contributed by atoms with Crippen LogP contribution >= 0.6 is 31.9 Å². The fourth-order valence-corrected chi connectivity index (χ4v) is 3.54. The average Bonchev–Trinajstić information content (AvgIpc) is 2.80. The van der Waals surface area contributed by atoms with Gasteiger partial charge in [0.05, 0.1) is 12.3 Å². The fourth-order valence-electron chi connectivity index (χ4n) is 2.84. The quantitative estimate of drug-likeness (QED) is 0.236. The molecule has 0 heterocycles. The van der Waals surface area contributed by atoms with E-state index in [1.54, 1.807) is 18.2 Å². The highest BCUT2D eigenvalue weighted by molar-refractivity contribution is 9.10. The second kappa shape index (κ2) is 11.6. The van der Waals surface area contributed by atoms with E-state index in [0.29, 0.717) is 34.7 Å².